The fourth-order valence-corrected chi connectivity index (χ4v) is 5.55. The molecule has 6 heteroatoms. The van der Waals surface area contributed by atoms with Gasteiger partial charge in [0.15, 0.2) is 0 Å². The molecule has 0 radical (unpaired) electrons. The SMILES string of the molecule is CC1(C)[C@H]2CC[C@]1(C)[C@H](OC(=O)C1CCC(=O)N1C(=O)c1ccc(Cl)cc1)C2. The number of imide groups is 1. The van der Waals surface area contributed by atoms with E-state index in [-0.39, 0.29) is 29.3 Å². The second-order valence-corrected chi connectivity index (χ2v) is 9.60. The molecular weight excluding hydrogens is 378 g/mol. The van der Waals surface area contributed by atoms with Gasteiger partial charge in [0.05, 0.1) is 0 Å². The largest absolute Gasteiger partial charge is 0.460 e. The Bertz CT molecular complexity index is 833. The van der Waals surface area contributed by atoms with Gasteiger partial charge in [0.1, 0.15) is 12.1 Å². The number of likely N-dealkylation sites (tertiary alicyclic amines) is 1. The number of ether oxygens (including phenoxy) is 1. The van der Waals surface area contributed by atoms with Crippen LogP contribution in [-0.4, -0.2) is 34.8 Å². The predicted molar refractivity (Wildman–Crippen MR) is 105 cm³/mol. The third-order valence-corrected chi connectivity index (χ3v) is 8.02. The summed E-state index contributed by atoms with van der Waals surface area (Å²) in [5.74, 6) is -0.711. The minimum absolute atomic E-state index is 0.0546. The van der Waals surface area contributed by atoms with Gasteiger partial charge >= 0.3 is 5.97 Å². The molecule has 1 aromatic carbocycles. The van der Waals surface area contributed by atoms with Crippen molar-refractivity contribution in [3.05, 3.63) is 34.9 Å². The first kappa shape index (κ1) is 19.4. The molecule has 2 aliphatic carbocycles. The fraction of sp³-hybridized carbons (Fsp3) is 0.591. The maximum atomic E-state index is 13.0. The number of fused-ring (bicyclic) bond motifs is 2. The minimum Gasteiger partial charge on any atom is -0.460 e. The summed E-state index contributed by atoms with van der Waals surface area (Å²) in [6.45, 7) is 6.72. The molecule has 3 aliphatic rings. The molecule has 0 spiro atoms. The monoisotopic (exact) mass is 403 g/mol. The van der Waals surface area contributed by atoms with Crippen molar-refractivity contribution in [3.63, 3.8) is 0 Å². The Labute approximate surface area is 170 Å². The standard InChI is InChI=1S/C22H26ClNO4/c1-21(2)14-10-11-22(21,3)17(12-14)28-20(27)16-8-9-18(25)24(16)19(26)13-4-6-15(23)7-5-13/h4-7,14,16-17H,8-12H2,1-3H3/t14-,16?,17+,22+/m0/s1. The molecule has 1 saturated heterocycles. The fourth-order valence-electron chi connectivity index (χ4n) is 5.42. The summed E-state index contributed by atoms with van der Waals surface area (Å²) in [7, 11) is 0. The van der Waals surface area contributed by atoms with Gasteiger partial charge in [-0.3, -0.25) is 14.5 Å². The van der Waals surface area contributed by atoms with Crippen molar-refractivity contribution in [2.45, 2.75) is 65.0 Å². The average Bonchev–Trinajstić information content (AvgIpc) is 3.20. The lowest BCUT2D eigenvalue weighted by molar-refractivity contribution is -0.162. The lowest BCUT2D eigenvalue weighted by atomic mass is 9.70. The van der Waals surface area contributed by atoms with E-state index in [0.717, 1.165) is 17.7 Å². The first-order valence-electron chi connectivity index (χ1n) is 9.97. The van der Waals surface area contributed by atoms with Crippen molar-refractivity contribution < 1.29 is 19.1 Å². The summed E-state index contributed by atoms with van der Waals surface area (Å²) < 4.78 is 5.95. The summed E-state index contributed by atoms with van der Waals surface area (Å²) in [5.41, 5.74) is 0.411. The van der Waals surface area contributed by atoms with E-state index >= 15 is 0 Å². The minimum atomic E-state index is -0.846. The molecule has 28 heavy (non-hydrogen) atoms. The summed E-state index contributed by atoms with van der Waals surface area (Å²) in [6, 6.07) is 5.49. The van der Waals surface area contributed by atoms with Gasteiger partial charge in [0.25, 0.3) is 5.91 Å². The number of amides is 2. The van der Waals surface area contributed by atoms with Gasteiger partial charge in [-0.05, 0) is 61.3 Å². The molecule has 4 atom stereocenters. The number of benzene rings is 1. The van der Waals surface area contributed by atoms with Gasteiger partial charge in [-0.15, -0.1) is 0 Å². The number of esters is 1. The Kier molecular flexibility index (Phi) is 4.57. The van der Waals surface area contributed by atoms with E-state index in [2.05, 4.69) is 20.8 Å². The second-order valence-electron chi connectivity index (χ2n) is 9.17. The van der Waals surface area contributed by atoms with E-state index in [1.54, 1.807) is 24.3 Å². The van der Waals surface area contributed by atoms with Crippen LogP contribution in [0.3, 0.4) is 0 Å². The van der Waals surface area contributed by atoms with Crippen LogP contribution in [-0.2, 0) is 14.3 Å². The van der Waals surface area contributed by atoms with E-state index in [0.29, 0.717) is 22.9 Å². The highest BCUT2D eigenvalue weighted by molar-refractivity contribution is 6.30. The Morgan fingerprint density at radius 3 is 2.39 bits per heavy atom. The van der Waals surface area contributed by atoms with E-state index in [4.69, 9.17) is 16.3 Å². The molecule has 1 unspecified atom stereocenters. The van der Waals surface area contributed by atoms with Gasteiger partial charge in [0, 0.05) is 22.4 Å². The molecular formula is C22H26ClNO4. The molecule has 150 valence electrons. The van der Waals surface area contributed by atoms with Crippen LogP contribution in [0.2, 0.25) is 5.02 Å². The van der Waals surface area contributed by atoms with E-state index in [1.165, 1.54) is 6.42 Å². The zero-order valence-corrected chi connectivity index (χ0v) is 17.3. The maximum absolute atomic E-state index is 13.0. The third-order valence-electron chi connectivity index (χ3n) is 7.77. The van der Waals surface area contributed by atoms with Gasteiger partial charge in [-0.1, -0.05) is 32.4 Å². The number of rotatable bonds is 3. The molecule has 2 saturated carbocycles. The van der Waals surface area contributed by atoms with E-state index in [9.17, 15) is 14.4 Å². The van der Waals surface area contributed by atoms with Crippen LogP contribution in [0, 0.1) is 16.7 Å². The van der Waals surface area contributed by atoms with Crippen LogP contribution in [0.5, 0.6) is 0 Å². The highest BCUT2D eigenvalue weighted by Gasteiger charge is 2.63. The van der Waals surface area contributed by atoms with E-state index < -0.39 is 17.9 Å². The van der Waals surface area contributed by atoms with Crippen LogP contribution in [0.25, 0.3) is 0 Å². The van der Waals surface area contributed by atoms with Crippen LogP contribution in [0.4, 0.5) is 0 Å². The second kappa shape index (κ2) is 6.58. The average molecular weight is 404 g/mol. The Balaban J connectivity index is 1.52. The number of nitrogens with zero attached hydrogens (tertiary/aromatic N) is 1. The molecule has 0 aromatic heterocycles. The van der Waals surface area contributed by atoms with Crippen molar-refractivity contribution in [2.24, 2.45) is 16.7 Å². The maximum Gasteiger partial charge on any atom is 0.329 e. The van der Waals surface area contributed by atoms with Crippen molar-refractivity contribution in [1.29, 1.82) is 0 Å². The molecule has 2 bridgehead atoms. The molecule has 1 heterocycles. The van der Waals surface area contributed by atoms with Gasteiger partial charge in [-0.25, -0.2) is 4.79 Å². The number of hydrogen-bond donors (Lipinski definition) is 0. The molecule has 4 rings (SSSR count). The normalized spacial score (nSPS) is 33.4. The predicted octanol–water partition coefficient (Wildman–Crippen LogP) is 4.23. The van der Waals surface area contributed by atoms with Crippen LogP contribution in [0.15, 0.2) is 24.3 Å². The molecule has 5 nitrogen and oxygen atoms in total. The highest BCUT2D eigenvalue weighted by atomic mass is 35.5. The third kappa shape index (κ3) is 2.78. The topological polar surface area (TPSA) is 63.7 Å². The molecule has 3 fully saturated rings. The Morgan fingerprint density at radius 1 is 1.14 bits per heavy atom. The van der Waals surface area contributed by atoms with Gasteiger partial charge in [0.2, 0.25) is 5.91 Å². The van der Waals surface area contributed by atoms with Crippen molar-refractivity contribution in [1.82, 2.24) is 4.90 Å². The number of carbonyl (C=O) groups excluding carboxylic acids is 3. The van der Waals surface area contributed by atoms with Crippen molar-refractivity contribution in [2.75, 3.05) is 0 Å². The Morgan fingerprint density at radius 2 is 1.82 bits per heavy atom. The molecule has 1 aliphatic heterocycles. The van der Waals surface area contributed by atoms with Crippen molar-refractivity contribution in [3.8, 4) is 0 Å². The lowest BCUT2D eigenvalue weighted by Crippen LogP contribution is -2.46. The smallest absolute Gasteiger partial charge is 0.329 e. The zero-order chi connectivity index (χ0) is 20.3. The Hall–Kier alpha value is -1.88. The number of carbonyl (C=O) groups is 3. The van der Waals surface area contributed by atoms with Crippen molar-refractivity contribution >= 4 is 29.4 Å². The highest BCUT2D eigenvalue weighted by Crippen LogP contribution is 2.66. The number of hydrogen-bond acceptors (Lipinski definition) is 4. The first-order valence-corrected chi connectivity index (χ1v) is 10.4. The zero-order valence-electron chi connectivity index (χ0n) is 16.5. The summed E-state index contributed by atoms with van der Waals surface area (Å²) in [5, 5.41) is 0.507. The molecule has 0 N–H and O–H groups in total. The lowest BCUT2D eigenvalue weighted by Gasteiger charge is -2.39. The summed E-state index contributed by atoms with van der Waals surface area (Å²) >= 11 is 5.88. The van der Waals surface area contributed by atoms with Crippen LogP contribution >= 0.6 is 11.6 Å². The molecule has 1 aromatic rings. The quantitative estimate of drug-likeness (QED) is 0.559. The number of halogens is 1. The van der Waals surface area contributed by atoms with Gasteiger partial charge < -0.3 is 4.74 Å². The summed E-state index contributed by atoms with van der Waals surface area (Å²) in [4.78, 5) is 39.3. The molecule has 2 amide bonds. The van der Waals surface area contributed by atoms with E-state index in [1.807, 2.05) is 0 Å². The van der Waals surface area contributed by atoms with Crippen LogP contribution < -0.4 is 0 Å². The van der Waals surface area contributed by atoms with Crippen LogP contribution in [0.1, 0.15) is 63.2 Å². The summed E-state index contributed by atoms with van der Waals surface area (Å²) in [6.07, 6.45) is 3.40. The first-order chi connectivity index (χ1) is 13.1. The van der Waals surface area contributed by atoms with Gasteiger partial charge in [-0.2, -0.15) is 0 Å².